The summed E-state index contributed by atoms with van der Waals surface area (Å²) in [5, 5.41) is 30.8. The molecule has 0 aliphatic carbocycles. The number of thioether (sulfide) groups is 1. The Balaban J connectivity index is 2.05. The molecule has 0 bridgehead atoms. The van der Waals surface area contributed by atoms with Gasteiger partial charge >= 0.3 is 6.09 Å². The highest BCUT2D eigenvalue weighted by Crippen LogP contribution is 2.36. The van der Waals surface area contributed by atoms with E-state index < -0.39 is 42.5 Å². The van der Waals surface area contributed by atoms with Gasteiger partial charge in [-0.2, -0.15) is 0 Å². The van der Waals surface area contributed by atoms with E-state index in [-0.39, 0.29) is 5.23 Å². The number of amides is 1. The van der Waals surface area contributed by atoms with Crippen molar-refractivity contribution < 1.29 is 29.6 Å². The molecule has 0 radical (unpaired) electrons. The number of aliphatic imine (C=N–C) groups is 1. The van der Waals surface area contributed by atoms with E-state index in [9.17, 15) is 15.0 Å². The quantitative estimate of drug-likeness (QED) is 0.449. The molecule has 1 fully saturated rings. The lowest BCUT2D eigenvalue weighted by Crippen LogP contribution is -2.55. The molecule has 0 aromatic carbocycles. The number of rotatable bonds is 1. The van der Waals surface area contributed by atoms with Crippen molar-refractivity contribution >= 4 is 23.1 Å². The molecule has 0 aromatic rings. The average Bonchev–Trinajstić information content (AvgIpc) is 2.76. The standard InChI is InChI=1S/C9H14N2O6S/c1-10-8(15)17-9-11-4-6(14)5(13)3(2-12)16-7(4)18-9/h3-7,12-14H,2H2,1H3,(H,10,15)/t3-,4-,5+,6-,7-/m1/s1. The van der Waals surface area contributed by atoms with Crippen LogP contribution in [0, 0.1) is 0 Å². The van der Waals surface area contributed by atoms with Crippen LogP contribution < -0.4 is 5.32 Å². The fraction of sp³-hybridized carbons (Fsp3) is 0.778. The Hall–Kier alpha value is -0.870. The van der Waals surface area contributed by atoms with E-state index in [1.807, 2.05) is 0 Å². The lowest BCUT2D eigenvalue weighted by atomic mass is 9.99. The molecule has 2 aliphatic rings. The van der Waals surface area contributed by atoms with Crippen LogP contribution in [0.3, 0.4) is 0 Å². The second-order valence-electron chi connectivity index (χ2n) is 3.85. The van der Waals surface area contributed by atoms with Crippen LogP contribution in [0.1, 0.15) is 0 Å². The molecule has 0 saturated carbocycles. The van der Waals surface area contributed by atoms with Gasteiger partial charge in [-0.05, 0) is 11.8 Å². The predicted molar refractivity (Wildman–Crippen MR) is 62.1 cm³/mol. The van der Waals surface area contributed by atoms with Crippen LogP contribution >= 0.6 is 11.8 Å². The molecular formula is C9H14N2O6S. The summed E-state index contributed by atoms with van der Waals surface area (Å²) in [6.45, 7) is -0.409. The van der Waals surface area contributed by atoms with Crippen molar-refractivity contribution in [3.05, 3.63) is 0 Å². The lowest BCUT2D eigenvalue weighted by Gasteiger charge is -2.37. The molecule has 2 aliphatic heterocycles. The number of aliphatic hydroxyl groups is 3. The molecule has 0 spiro atoms. The fourth-order valence-electron chi connectivity index (χ4n) is 1.73. The third-order valence-electron chi connectivity index (χ3n) is 2.70. The maximum Gasteiger partial charge on any atom is 0.414 e. The molecule has 18 heavy (non-hydrogen) atoms. The summed E-state index contributed by atoms with van der Waals surface area (Å²) in [7, 11) is 1.41. The zero-order chi connectivity index (χ0) is 13.3. The van der Waals surface area contributed by atoms with Crippen LogP contribution in [-0.2, 0) is 9.47 Å². The number of ether oxygens (including phenoxy) is 2. The maximum atomic E-state index is 11.0. The number of hydrogen-bond acceptors (Lipinski definition) is 8. The van der Waals surface area contributed by atoms with E-state index in [2.05, 4.69) is 10.3 Å². The molecular weight excluding hydrogens is 264 g/mol. The van der Waals surface area contributed by atoms with Crippen molar-refractivity contribution in [3.63, 3.8) is 0 Å². The zero-order valence-corrected chi connectivity index (χ0v) is 10.3. The topological polar surface area (TPSA) is 121 Å². The van der Waals surface area contributed by atoms with Gasteiger partial charge in [0.15, 0.2) is 0 Å². The number of carbonyl (C=O) groups excluding carboxylic acids is 1. The molecule has 1 saturated heterocycles. The van der Waals surface area contributed by atoms with E-state index in [0.717, 1.165) is 11.8 Å². The van der Waals surface area contributed by atoms with Crippen LogP contribution in [-0.4, -0.2) is 70.1 Å². The Morgan fingerprint density at radius 1 is 1.56 bits per heavy atom. The van der Waals surface area contributed by atoms with Gasteiger partial charge in [0.1, 0.15) is 29.8 Å². The van der Waals surface area contributed by atoms with Crippen molar-refractivity contribution in [2.45, 2.75) is 29.8 Å². The largest absolute Gasteiger partial charge is 0.414 e. The van der Waals surface area contributed by atoms with E-state index in [1.54, 1.807) is 0 Å². The number of nitrogens with one attached hydrogen (secondary N) is 1. The molecule has 9 heteroatoms. The van der Waals surface area contributed by atoms with Gasteiger partial charge in [0.2, 0.25) is 0 Å². The molecule has 5 atom stereocenters. The van der Waals surface area contributed by atoms with Gasteiger partial charge in [-0.3, -0.25) is 0 Å². The first kappa shape index (κ1) is 13.6. The van der Waals surface area contributed by atoms with Gasteiger partial charge < -0.3 is 30.1 Å². The summed E-state index contributed by atoms with van der Waals surface area (Å²) in [5.41, 5.74) is -0.583. The Morgan fingerprint density at radius 2 is 2.28 bits per heavy atom. The summed E-state index contributed by atoms with van der Waals surface area (Å²) in [4.78, 5) is 15.0. The van der Waals surface area contributed by atoms with E-state index in [4.69, 9.17) is 14.6 Å². The van der Waals surface area contributed by atoms with Crippen molar-refractivity contribution in [2.24, 2.45) is 4.99 Å². The normalized spacial score (nSPS) is 38.9. The first-order valence-corrected chi connectivity index (χ1v) is 6.21. The molecule has 0 aromatic heterocycles. The van der Waals surface area contributed by atoms with Gasteiger partial charge in [0.05, 0.1) is 6.61 Å². The van der Waals surface area contributed by atoms with Crippen molar-refractivity contribution in [1.29, 1.82) is 0 Å². The third kappa shape index (κ3) is 2.45. The lowest BCUT2D eigenvalue weighted by molar-refractivity contribution is -0.164. The SMILES string of the molecule is CNC(=O)OC1=N[C@@H]2[C@@H](O)[C@@H](O)[C@@H](CO)O[C@@H]2S1. The van der Waals surface area contributed by atoms with E-state index in [0.29, 0.717) is 0 Å². The van der Waals surface area contributed by atoms with Gasteiger partial charge in [0, 0.05) is 7.05 Å². The van der Waals surface area contributed by atoms with Crippen LogP contribution in [0.5, 0.6) is 0 Å². The highest BCUT2D eigenvalue weighted by atomic mass is 32.2. The molecule has 8 nitrogen and oxygen atoms in total. The number of hydrogen-bond donors (Lipinski definition) is 4. The molecule has 1 amide bonds. The second-order valence-corrected chi connectivity index (χ2v) is 4.90. The summed E-state index contributed by atoms with van der Waals surface area (Å²) < 4.78 is 10.2. The van der Waals surface area contributed by atoms with Crippen molar-refractivity contribution in [3.8, 4) is 0 Å². The molecule has 102 valence electrons. The number of fused-ring (bicyclic) bond motifs is 1. The third-order valence-corrected chi connectivity index (χ3v) is 3.72. The van der Waals surface area contributed by atoms with E-state index in [1.165, 1.54) is 7.05 Å². The van der Waals surface area contributed by atoms with Gasteiger partial charge in [-0.1, -0.05) is 0 Å². The van der Waals surface area contributed by atoms with Crippen molar-refractivity contribution in [1.82, 2.24) is 5.32 Å². The minimum absolute atomic E-state index is 0.0641. The van der Waals surface area contributed by atoms with Crippen LogP contribution in [0.25, 0.3) is 0 Å². The molecule has 4 N–H and O–H groups in total. The Bertz CT molecular complexity index is 365. The van der Waals surface area contributed by atoms with Crippen LogP contribution in [0.2, 0.25) is 0 Å². The second kappa shape index (κ2) is 5.41. The summed E-state index contributed by atoms with van der Waals surface area (Å²) >= 11 is 1.03. The first-order valence-electron chi connectivity index (χ1n) is 5.33. The van der Waals surface area contributed by atoms with E-state index >= 15 is 0 Å². The molecule has 2 rings (SSSR count). The minimum Gasteiger partial charge on any atom is -0.394 e. The zero-order valence-electron chi connectivity index (χ0n) is 9.52. The number of aliphatic hydroxyl groups excluding tert-OH is 3. The van der Waals surface area contributed by atoms with Crippen LogP contribution in [0.15, 0.2) is 4.99 Å². The first-order chi connectivity index (χ1) is 8.56. The number of alkyl carbamates (subject to hydrolysis) is 1. The van der Waals surface area contributed by atoms with Gasteiger partial charge in [0.25, 0.3) is 5.23 Å². The van der Waals surface area contributed by atoms with Crippen LogP contribution in [0.4, 0.5) is 4.79 Å². The summed E-state index contributed by atoms with van der Waals surface area (Å²) in [5.74, 6) is 0. The summed E-state index contributed by atoms with van der Waals surface area (Å²) in [6, 6.07) is -0.715. The summed E-state index contributed by atoms with van der Waals surface area (Å²) in [6.07, 6.45) is -3.93. The van der Waals surface area contributed by atoms with Gasteiger partial charge in [-0.25, -0.2) is 9.79 Å². The Kier molecular flexibility index (Phi) is 4.07. The smallest absolute Gasteiger partial charge is 0.394 e. The molecule has 0 unspecified atom stereocenters. The Morgan fingerprint density at radius 3 is 2.89 bits per heavy atom. The highest BCUT2D eigenvalue weighted by Gasteiger charge is 2.48. The minimum atomic E-state index is -1.22. The highest BCUT2D eigenvalue weighted by molar-refractivity contribution is 8.14. The number of carbonyl (C=O) groups is 1. The fourth-order valence-corrected chi connectivity index (χ4v) is 2.80. The number of nitrogens with zero attached hydrogens (tertiary/aromatic N) is 1. The van der Waals surface area contributed by atoms with Crippen molar-refractivity contribution in [2.75, 3.05) is 13.7 Å². The predicted octanol–water partition coefficient (Wildman–Crippen LogP) is -1.75. The Labute approximate surface area is 107 Å². The average molecular weight is 278 g/mol. The van der Waals surface area contributed by atoms with Gasteiger partial charge in [-0.15, -0.1) is 0 Å². The monoisotopic (exact) mass is 278 g/mol. The maximum absolute atomic E-state index is 11.0. The molecule has 2 heterocycles.